The van der Waals surface area contributed by atoms with E-state index in [1.165, 1.54) is 30.5 Å². The molecule has 0 radical (unpaired) electrons. The second-order valence-corrected chi connectivity index (χ2v) is 9.05. The molecule has 0 saturated heterocycles. The summed E-state index contributed by atoms with van der Waals surface area (Å²) in [4.78, 5) is 23.8. The predicted molar refractivity (Wildman–Crippen MR) is 105 cm³/mol. The average molecular weight is 428 g/mol. The van der Waals surface area contributed by atoms with Gasteiger partial charge in [0.25, 0.3) is 11.8 Å². The first-order valence-corrected chi connectivity index (χ1v) is 10.3. The fourth-order valence-electron chi connectivity index (χ4n) is 2.26. The number of rotatable bonds is 7. The first kappa shape index (κ1) is 21.9. The van der Waals surface area contributed by atoms with E-state index in [-0.39, 0.29) is 34.3 Å². The minimum absolute atomic E-state index is 0.0130. The molecule has 3 N–H and O–H groups in total. The highest BCUT2D eigenvalue weighted by Gasteiger charge is 2.25. The van der Waals surface area contributed by atoms with Crippen LogP contribution in [0.5, 0.6) is 0 Å². The highest BCUT2D eigenvalue weighted by molar-refractivity contribution is 7.89. The number of amides is 2. The Balaban J connectivity index is 1.99. The van der Waals surface area contributed by atoms with Crippen molar-refractivity contribution in [2.24, 2.45) is 0 Å². The Hall–Kier alpha value is -2.36. The van der Waals surface area contributed by atoms with Crippen LogP contribution in [0.1, 0.15) is 41.7 Å². The van der Waals surface area contributed by atoms with Crippen molar-refractivity contribution in [3.63, 3.8) is 0 Å². The molecule has 0 fully saturated rings. The molecule has 0 spiro atoms. The molecule has 0 atom stereocenters. The minimum Gasteiger partial charge on any atom is -0.459 e. The molecule has 8 nitrogen and oxygen atoms in total. The number of furan rings is 1. The lowest BCUT2D eigenvalue weighted by atomic mass is 10.1. The van der Waals surface area contributed by atoms with Crippen LogP contribution in [-0.2, 0) is 10.0 Å². The first-order valence-electron chi connectivity index (χ1n) is 8.43. The van der Waals surface area contributed by atoms with Gasteiger partial charge < -0.3 is 15.1 Å². The molecular weight excluding hydrogens is 406 g/mol. The standard InChI is InChI=1S/C18H22ClN3O5S/c1-18(2,3)22-28(25,26)15-11-12(6-7-13(15)19)16(23)20-8-9-21-17(24)14-5-4-10-27-14/h4-7,10-11,22H,8-9H2,1-3H3,(H,20,23)(H,21,24). The number of hydrogen-bond acceptors (Lipinski definition) is 5. The van der Waals surface area contributed by atoms with E-state index in [9.17, 15) is 18.0 Å². The fraction of sp³-hybridized carbons (Fsp3) is 0.333. The van der Waals surface area contributed by atoms with E-state index in [0.717, 1.165) is 0 Å². The van der Waals surface area contributed by atoms with Crippen LogP contribution in [0.15, 0.2) is 45.9 Å². The van der Waals surface area contributed by atoms with Crippen LogP contribution >= 0.6 is 11.6 Å². The van der Waals surface area contributed by atoms with Crippen LogP contribution in [0, 0.1) is 0 Å². The van der Waals surface area contributed by atoms with E-state index in [1.807, 2.05) is 0 Å². The lowest BCUT2D eigenvalue weighted by Crippen LogP contribution is -2.40. The quantitative estimate of drug-likeness (QED) is 0.585. The van der Waals surface area contributed by atoms with Gasteiger partial charge in [-0.2, -0.15) is 0 Å². The first-order chi connectivity index (χ1) is 13.0. The van der Waals surface area contributed by atoms with Crippen molar-refractivity contribution in [2.45, 2.75) is 31.2 Å². The van der Waals surface area contributed by atoms with E-state index >= 15 is 0 Å². The van der Waals surface area contributed by atoms with Crippen LogP contribution < -0.4 is 15.4 Å². The highest BCUT2D eigenvalue weighted by Crippen LogP contribution is 2.24. The van der Waals surface area contributed by atoms with Gasteiger partial charge in [0.05, 0.1) is 11.3 Å². The average Bonchev–Trinajstić information content (AvgIpc) is 3.11. The van der Waals surface area contributed by atoms with Crippen molar-refractivity contribution in [3.05, 3.63) is 52.9 Å². The number of nitrogens with one attached hydrogen (secondary N) is 3. The number of sulfonamides is 1. The van der Waals surface area contributed by atoms with Crippen molar-refractivity contribution in [2.75, 3.05) is 13.1 Å². The lowest BCUT2D eigenvalue weighted by molar-refractivity contribution is 0.0910. The van der Waals surface area contributed by atoms with Crippen LogP contribution in [0.25, 0.3) is 0 Å². The molecule has 1 heterocycles. The third kappa shape index (κ3) is 6.08. The maximum atomic E-state index is 12.5. The summed E-state index contributed by atoms with van der Waals surface area (Å²) in [6, 6.07) is 7.11. The summed E-state index contributed by atoms with van der Waals surface area (Å²) in [5, 5.41) is 5.20. The number of hydrogen-bond donors (Lipinski definition) is 3. The van der Waals surface area contributed by atoms with Gasteiger partial charge in [-0.05, 0) is 51.1 Å². The molecule has 0 aliphatic carbocycles. The molecule has 0 unspecified atom stereocenters. The summed E-state index contributed by atoms with van der Waals surface area (Å²) in [5.41, 5.74) is -0.567. The second kappa shape index (κ2) is 8.76. The molecule has 0 bridgehead atoms. The molecule has 152 valence electrons. The van der Waals surface area contributed by atoms with Gasteiger partial charge in [-0.1, -0.05) is 11.6 Å². The SMILES string of the molecule is CC(C)(C)NS(=O)(=O)c1cc(C(=O)NCCNC(=O)c2ccco2)ccc1Cl. The topological polar surface area (TPSA) is 118 Å². The number of benzene rings is 1. The summed E-state index contributed by atoms with van der Waals surface area (Å²) < 4.78 is 32.5. The Morgan fingerprint density at radius 1 is 1.07 bits per heavy atom. The van der Waals surface area contributed by atoms with E-state index in [0.29, 0.717) is 0 Å². The Bertz CT molecular complexity index is 950. The van der Waals surface area contributed by atoms with Crippen LogP contribution in [0.2, 0.25) is 5.02 Å². The summed E-state index contributed by atoms with van der Waals surface area (Å²) in [5.74, 6) is -0.714. The van der Waals surface area contributed by atoms with Crippen molar-refractivity contribution in [1.29, 1.82) is 0 Å². The zero-order valence-corrected chi connectivity index (χ0v) is 17.3. The molecule has 0 aliphatic heterocycles. The van der Waals surface area contributed by atoms with Crippen molar-refractivity contribution in [1.82, 2.24) is 15.4 Å². The highest BCUT2D eigenvalue weighted by atomic mass is 35.5. The van der Waals surface area contributed by atoms with Crippen molar-refractivity contribution in [3.8, 4) is 0 Å². The number of carbonyl (C=O) groups excluding carboxylic acids is 2. The molecule has 0 saturated carbocycles. The minimum atomic E-state index is -3.90. The number of carbonyl (C=O) groups is 2. The van der Waals surface area contributed by atoms with Gasteiger partial charge in [-0.15, -0.1) is 0 Å². The monoisotopic (exact) mass is 427 g/mol. The summed E-state index contributed by atoms with van der Waals surface area (Å²) >= 11 is 6.02. The smallest absolute Gasteiger partial charge is 0.287 e. The summed E-state index contributed by atoms with van der Waals surface area (Å²) in [7, 11) is -3.90. The summed E-state index contributed by atoms with van der Waals surface area (Å²) in [6.07, 6.45) is 1.39. The molecular formula is C18H22ClN3O5S. The van der Waals surface area contributed by atoms with Crippen molar-refractivity contribution >= 4 is 33.4 Å². The van der Waals surface area contributed by atoms with Gasteiger partial charge in [0.15, 0.2) is 5.76 Å². The summed E-state index contributed by atoms with van der Waals surface area (Å²) in [6.45, 7) is 5.43. The Labute approximate surface area is 168 Å². The van der Waals surface area contributed by atoms with Gasteiger partial charge in [-0.25, -0.2) is 13.1 Å². The normalized spacial score (nSPS) is 11.9. The van der Waals surface area contributed by atoms with E-state index in [4.69, 9.17) is 16.0 Å². The van der Waals surface area contributed by atoms with Gasteiger partial charge in [-0.3, -0.25) is 9.59 Å². The third-order valence-corrected chi connectivity index (χ3v) is 5.60. The maximum absolute atomic E-state index is 12.5. The second-order valence-electron chi connectivity index (χ2n) is 6.99. The Morgan fingerprint density at radius 2 is 1.71 bits per heavy atom. The Kier molecular flexibility index (Phi) is 6.87. The molecule has 0 aliphatic rings. The molecule has 10 heteroatoms. The maximum Gasteiger partial charge on any atom is 0.287 e. The van der Waals surface area contributed by atoms with Crippen LogP contribution in [-0.4, -0.2) is 38.9 Å². The van der Waals surface area contributed by atoms with E-state index in [1.54, 1.807) is 26.8 Å². The largest absolute Gasteiger partial charge is 0.459 e. The van der Waals surface area contributed by atoms with Crippen molar-refractivity contribution < 1.29 is 22.4 Å². The van der Waals surface area contributed by atoms with Crippen LogP contribution in [0.4, 0.5) is 0 Å². The molecule has 28 heavy (non-hydrogen) atoms. The molecule has 2 aromatic rings. The molecule has 1 aromatic carbocycles. The fourth-order valence-corrected chi connectivity index (χ4v) is 4.20. The van der Waals surface area contributed by atoms with E-state index < -0.39 is 27.4 Å². The molecule has 2 rings (SSSR count). The number of halogens is 1. The third-order valence-electron chi connectivity index (χ3n) is 3.36. The van der Waals surface area contributed by atoms with Gasteiger partial charge in [0.2, 0.25) is 10.0 Å². The van der Waals surface area contributed by atoms with Crippen LogP contribution in [0.3, 0.4) is 0 Å². The zero-order chi connectivity index (χ0) is 20.9. The predicted octanol–water partition coefficient (Wildman–Crippen LogP) is 2.17. The molecule has 1 aromatic heterocycles. The zero-order valence-electron chi connectivity index (χ0n) is 15.7. The van der Waals surface area contributed by atoms with Gasteiger partial charge >= 0.3 is 0 Å². The van der Waals surface area contributed by atoms with Gasteiger partial charge in [0, 0.05) is 24.2 Å². The van der Waals surface area contributed by atoms with Gasteiger partial charge in [0.1, 0.15) is 4.90 Å². The molecule has 2 amide bonds. The lowest BCUT2D eigenvalue weighted by Gasteiger charge is -2.21. The van der Waals surface area contributed by atoms with E-state index in [2.05, 4.69) is 15.4 Å². The Morgan fingerprint density at radius 3 is 2.29 bits per heavy atom.